The van der Waals surface area contributed by atoms with Crippen LogP contribution in [0.1, 0.15) is 47.9 Å². The quantitative estimate of drug-likeness (QED) is 0.637. The van der Waals surface area contributed by atoms with Crippen LogP contribution in [-0.2, 0) is 6.42 Å². The van der Waals surface area contributed by atoms with Crippen molar-refractivity contribution in [3.8, 4) is 5.75 Å². The number of methoxy groups -OCH3 is 1. The molecule has 6 heteroatoms. The maximum Gasteiger partial charge on any atom is 0.224 e. The van der Waals surface area contributed by atoms with Gasteiger partial charge in [-0.2, -0.15) is 0 Å². The zero-order chi connectivity index (χ0) is 16.6. The Hall–Kier alpha value is -1.33. The first-order chi connectivity index (χ1) is 11.1. The Morgan fingerprint density at radius 1 is 1.43 bits per heavy atom. The lowest BCUT2D eigenvalue weighted by Crippen LogP contribution is -2.29. The normalized spacial score (nSPS) is 25.8. The number of pyridine rings is 1. The van der Waals surface area contributed by atoms with Gasteiger partial charge in [0, 0.05) is 24.1 Å². The maximum atomic E-state index is 12.8. The van der Waals surface area contributed by atoms with E-state index in [1.807, 2.05) is 4.57 Å². The standard InChI is InChI=1S/C17H22ClNO4/c1-23-17-15(22)7-12-2-3-13(9-20)19(12)16(17)14(21)6-10-4-11(5-10)8-18/h7,10-11,13,20H,2-6,8-9H2,1H3. The Morgan fingerprint density at radius 2 is 2.17 bits per heavy atom. The van der Waals surface area contributed by atoms with E-state index in [0.717, 1.165) is 25.0 Å². The van der Waals surface area contributed by atoms with E-state index in [-0.39, 0.29) is 29.6 Å². The number of aromatic nitrogens is 1. The van der Waals surface area contributed by atoms with E-state index >= 15 is 0 Å². The first-order valence-electron chi connectivity index (χ1n) is 8.11. The summed E-state index contributed by atoms with van der Waals surface area (Å²) < 4.78 is 7.05. The first-order valence-corrected chi connectivity index (χ1v) is 8.64. The highest BCUT2D eigenvalue weighted by Crippen LogP contribution is 2.39. The Kier molecular flexibility index (Phi) is 4.78. The Bertz CT molecular complexity index is 663. The van der Waals surface area contributed by atoms with Crippen molar-refractivity contribution in [2.75, 3.05) is 19.6 Å². The highest BCUT2D eigenvalue weighted by Gasteiger charge is 2.34. The zero-order valence-corrected chi connectivity index (χ0v) is 14.0. The lowest BCUT2D eigenvalue weighted by Gasteiger charge is -2.34. The number of ketones is 1. The molecule has 1 unspecified atom stereocenters. The molecule has 0 aromatic carbocycles. The van der Waals surface area contributed by atoms with Crippen LogP contribution < -0.4 is 10.2 Å². The number of fused-ring (bicyclic) bond motifs is 1. The third-order valence-corrected chi connectivity index (χ3v) is 5.53. The van der Waals surface area contributed by atoms with Crippen molar-refractivity contribution < 1.29 is 14.6 Å². The summed E-state index contributed by atoms with van der Waals surface area (Å²) in [5.74, 6) is 1.51. The molecule has 1 N–H and O–H groups in total. The molecule has 0 saturated heterocycles. The summed E-state index contributed by atoms with van der Waals surface area (Å²) in [6.45, 7) is -0.0446. The van der Waals surface area contributed by atoms with Gasteiger partial charge in [0.15, 0.2) is 11.5 Å². The molecule has 5 nitrogen and oxygen atoms in total. The number of carbonyl (C=O) groups is 1. The van der Waals surface area contributed by atoms with Gasteiger partial charge in [0.2, 0.25) is 5.43 Å². The molecule has 0 spiro atoms. The molecule has 1 fully saturated rings. The summed E-state index contributed by atoms with van der Waals surface area (Å²) in [5.41, 5.74) is 0.888. The molecule has 126 valence electrons. The maximum absolute atomic E-state index is 12.8. The zero-order valence-electron chi connectivity index (χ0n) is 13.3. The molecule has 1 atom stereocenters. The number of aliphatic hydroxyl groups excluding tert-OH is 1. The summed E-state index contributed by atoms with van der Waals surface area (Å²) >= 11 is 5.83. The highest BCUT2D eigenvalue weighted by atomic mass is 35.5. The Morgan fingerprint density at radius 3 is 2.78 bits per heavy atom. The predicted octanol–water partition coefficient (Wildman–Crippen LogP) is 2.17. The number of aryl methyl sites for hydroxylation is 1. The topological polar surface area (TPSA) is 68.5 Å². The first kappa shape index (κ1) is 16.5. The molecule has 23 heavy (non-hydrogen) atoms. The molecule has 2 heterocycles. The van der Waals surface area contributed by atoms with Gasteiger partial charge in [0.05, 0.1) is 19.8 Å². The number of ether oxygens (including phenoxy) is 1. The Balaban J connectivity index is 1.93. The number of Topliss-reactive ketones (excluding diaryl/α,β-unsaturated/α-hetero) is 1. The lowest BCUT2D eigenvalue weighted by molar-refractivity contribution is 0.0888. The number of nitrogens with zero attached hydrogens (tertiary/aromatic N) is 1. The second-order valence-electron chi connectivity index (χ2n) is 6.61. The van der Waals surface area contributed by atoms with Crippen molar-refractivity contribution in [3.05, 3.63) is 27.7 Å². The molecule has 1 aromatic rings. The number of hydrogen-bond donors (Lipinski definition) is 1. The molecule has 0 bridgehead atoms. The summed E-state index contributed by atoms with van der Waals surface area (Å²) in [7, 11) is 1.41. The van der Waals surface area contributed by atoms with Gasteiger partial charge in [0.25, 0.3) is 0 Å². The fourth-order valence-electron chi connectivity index (χ4n) is 3.87. The van der Waals surface area contributed by atoms with Crippen LogP contribution in [0.5, 0.6) is 5.75 Å². The van der Waals surface area contributed by atoms with Gasteiger partial charge in [0.1, 0.15) is 5.69 Å². The summed E-state index contributed by atoms with van der Waals surface area (Å²) in [5, 5.41) is 9.59. The van der Waals surface area contributed by atoms with E-state index in [4.69, 9.17) is 16.3 Å². The van der Waals surface area contributed by atoms with Crippen LogP contribution in [0.3, 0.4) is 0 Å². The minimum Gasteiger partial charge on any atom is -0.491 e. The average molecular weight is 340 g/mol. The van der Waals surface area contributed by atoms with Crippen molar-refractivity contribution in [2.24, 2.45) is 11.8 Å². The van der Waals surface area contributed by atoms with E-state index in [1.165, 1.54) is 13.2 Å². The minimum atomic E-state index is -0.257. The van der Waals surface area contributed by atoms with E-state index in [2.05, 4.69) is 0 Å². The number of aliphatic hydroxyl groups is 1. The SMILES string of the molecule is COc1c(C(=O)CC2CC(CCl)C2)n2c(cc1=O)CCC2CO. The van der Waals surface area contributed by atoms with Crippen LogP contribution in [0.25, 0.3) is 0 Å². The van der Waals surface area contributed by atoms with Gasteiger partial charge in [-0.25, -0.2) is 0 Å². The van der Waals surface area contributed by atoms with Gasteiger partial charge < -0.3 is 14.4 Å². The molecule has 2 aliphatic rings. The van der Waals surface area contributed by atoms with Crippen LogP contribution in [-0.4, -0.2) is 35.1 Å². The smallest absolute Gasteiger partial charge is 0.224 e. The van der Waals surface area contributed by atoms with Crippen molar-refractivity contribution in [2.45, 2.75) is 38.1 Å². The van der Waals surface area contributed by atoms with Crippen LogP contribution in [0.15, 0.2) is 10.9 Å². The van der Waals surface area contributed by atoms with Crippen LogP contribution >= 0.6 is 11.6 Å². The monoisotopic (exact) mass is 339 g/mol. The summed E-state index contributed by atoms with van der Waals surface area (Å²) in [6.07, 6.45) is 3.77. The number of carbonyl (C=O) groups excluding carboxylic acids is 1. The second kappa shape index (κ2) is 6.65. The lowest BCUT2D eigenvalue weighted by atomic mass is 9.73. The van der Waals surface area contributed by atoms with E-state index in [9.17, 15) is 14.7 Å². The third-order valence-electron chi connectivity index (χ3n) is 5.09. The molecule has 1 saturated carbocycles. The van der Waals surface area contributed by atoms with E-state index in [0.29, 0.717) is 36.3 Å². The molecule has 1 aliphatic carbocycles. The fraction of sp³-hybridized carbons (Fsp3) is 0.647. The second-order valence-corrected chi connectivity index (χ2v) is 6.92. The molecular formula is C17H22ClNO4. The number of hydrogen-bond acceptors (Lipinski definition) is 4. The van der Waals surface area contributed by atoms with Crippen LogP contribution in [0, 0.1) is 11.8 Å². The van der Waals surface area contributed by atoms with E-state index < -0.39 is 0 Å². The van der Waals surface area contributed by atoms with Crippen molar-refractivity contribution in [3.63, 3.8) is 0 Å². The Labute approximate surface area is 140 Å². The van der Waals surface area contributed by atoms with Crippen molar-refractivity contribution >= 4 is 17.4 Å². The van der Waals surface area contributed by atoms with Gasteiger partial charge in [-0.1, -0.05) is 0 Å². The average Bonchev–Trinajstić information content (AvgIpc) is 2.90. The number of alkyl halides is 1. The number of rotatable bonds is 6. The fourth-order valence-corrected chi connectivity index (χ4v) is 4.12. The summed E-state index contributed by atoms with van der Waals surface area (Å²) in [6, 6.07) is 1.37. The van der Waals surface area contributed by atoms with Gasteiger partial charge in [-0.15, -0.1) is 11.6 Å². The van der Waals surface area contributed by atoms with Crippen molar-refractivity contribution in [1.82, 2.24) is 4.57 Å². The van der Waals surface area contributed by atoms with Gasteiger partial charge in [-0.05, 0) is 37.5 Å². The molecular weight excluding hydrogens is 318 g/mol. The minimum absolute atomic E-state index is 0.0446. The van der Waals surface area contributed by atoms with Crippen LogP contribution in [0.2, 0.25) is 0 Å². The van der Waals surface area contributed by atoms with Gasteiger partial charge >= 0.3 is 0 Å². The third kappa shape index (κ3) is 2.92. The van der Waals surface area contributed by atoms with Gasteiger partial charge in [-0.3, -0.25) is 9.59 Å². The molecule has 1 aromatic heterocycles. The van der Waals surface area contributed by atoms with E-state index in [1.54, 1.807) is 0 Å². The molecule has 1 aliphatic heterocycles. The summed E-state index contributed by atoms with van der Waals surface area (Å²) in [4.78, 5) is 25.1. The van der Waals surface area contributed by atoms with Crippen molar-refractivity contribution in [1.29, 1.82) is 0 Å². The molecule has 0 radical (unpaired) electrons. The largest absolute Gasteiger partial charge is 0.491 e. The molecule has 0 amide bonds. The number of halogens is 1. The van der Waals surface area contributed by atoms with Crippen LogP contribution in [0.4, 0.5) is 0 Å². The predicted molar refractivity (Wildman–Crippen MR) is 87.6 cm³/mol. The molecule has 3 rings (SSSR count). The highest BCUT2D eigenvalue weighted by molar-refractivity contribution is 6.18.